The number of hydrogen-bond donors (Lipinski definition) is 2. The maximum Gasteiger partial charge on any atom is 0.339 e. The normalized spacial score (nSPS) is 13.4. The Morgan fingerprint density at radius 3 is 2.55 bits per heavy atom. The van der Waals surface area contributed by atoms with E-state index < -0.39 is 12.1 Å². The number of anilines is 1. The van der Waals surface area contributed by atoms with Crippen LogP contribution in [0.4, 0.5) is 5.69 Å². The average molecular weight is 299 g/mol. The molecular formula is C14H19ClN2O3. The van der Waals surface area contributed by atoms with E-state index in [-0.39, 0.29) is 17.5 Å². The number of hydrogen-bond acceptors (Lipinski definition) is 4. The van der Waals surface area contributed by atoms with E-state index in [0.717, 1.165) is 6.42 Å². The number of nitrogens with two attached hydrogens (primary N) is 1. The third kappa shape index (κ3) is 4.74. The molecule has 0 bridgehead atoms. The van der Waals surface area contributed by atoms with Crippen LogP contribution in [0.1, 0.15) is 37.6 Å². The Hall–Kier alpha value is -1.75. The van der Waals surface area contributed by atoms with E-state index in [2.05, 4.69) is 5.32 Å². The molecule has 20 heavy (non-hydrogen) atoms. The highest BCUT2D eigenvalue weighted by atomic mass is 35.5. The monoisotopic (exact) mass is 298 g/mol. The lowest BCUT2D eigenvalue weighted by molar-refractivity contribution is -0.129. The van der Waals surface area contributed by atoms with Gasteiger partial charge in [0.2, 0.25) is 0 Å². The van der Waals surface area contributed by atoms with Gasteiger partial charge in [0.25, 0.3) is 5.91 Å². The van der Waals surface area contributed by atoms with E-state index in [9.17, 15) is 9.59 Å². The average Bonchev–Trinajstić information content (AvgIpc) is 2.37. The molecule has 2 atom stereocenters. The van der Waals surface area contributed by atoms with Crippen LogP contribution in [0.3, 0.4) is 0 Å². The van der Waals surface area contributed by atoms with Crippen LogP contribution in [0, 0.1) is 0 Å². The van der Waals surface area contributed by atoms with Gasteiger partial charge in [-0.2, -0.15) is 0 Å². The van der Waals surface area contributed by atoms with Crippen molar-refractivity contribution in [2.24, 2.45) is 0 Å². The van der Waals surface area contributed by atoms with Gasteiger partial charge in [-0.05, 0) is 38.5 Å². The summed E-state index contributed by atoms with van der Waals surface area (Å²) in [6, 6.07) is 4.45. The zero-order valence-corrected chi connectivity index (χ0v) is 12.5. The number of amides is 1. The lowest BCUT2D eigenvalue weighted by Crippen LogP contribution is -2.40. The van der Waals surface area contributed by atoms with E-state index in [4.69, 9.17) is 22.1 Å². The van der Waals surface area contributed by atoms with Gasteiger partial charge < -0.3 is 15.8 Å². The third-order valence-electron chi connectivity index (χ3n) is 2.81. The van der Waals surface area contributed by atoms with Crippen molar-refractivity contribution in [1.82, 2.24) is 5.32 Å². The van der Waals surface area contributed by atoms with Crippen LogP contribution in [0.25, 0.3) is 0 Å². The van der Waals surface area contributed by atoms with Crippen molar-refractivity contribution in [2.45, 2.75) is 39.3 Å². The van der Waals surface area contributed by atoms with E-state index in [1.54, 1.807) is 0 Å². The minimum Gasteiger partial charge on any atom is -0.449 e. The number of nitrogens with one attached hydrogen (secondary N) is 1. The topological polar surface area (TPSA) is 81.4 Å². The van der Waals surface area contributed by atoms with Gasteiger partial charge in [-0.25, -0.2) is 4.79 Å². The number of rotatable bonds is 5. The smallest absolute Gasteiger partial charge is 0.339 e. The molecular weight excluding hydrogens is 280 g/mol. The Morgan fingerprint density at radius 2 is 2.00 bits per heavy atom. The van der Waals surface area contributed by atoms with E-state index in [1.807, 2.05) is 13.8 Å². The van der Waals surface area contributed by atoms with Gasteiger partial charge in [0.05, 0.1) is 5.56 Å². The number of ether oxygens (including phenoxy) is 1. The van der Waals surface area contributed by atoms with Crippen molar-refractivity contribution in [3.05, 3.63) is 28.8 Å². The molecule has 1 aromatic carbocycles. The molecule has 0 saturated heterocycles. The molecule has 110 valence electrons. The molecule has 0 fully saturated rings. The van der Waals surface area contributed by atoms with Crippen LogP contribution in [-0.2, 0) is 9.53 Å². The highest BCUT2D eigenvalue weighted by molar-refractivity contribution is 6.31. The molecule has 0 radical (unpaired) electrons. The zero-order chi connectivity index (χ0) is 15.3. The number of benzene rings is 1. The Labute approximate surface area is 123 Å². The van der Waals surface area contributed by atoms with E-state index in [1.165, 1.54) is 25.1 Å². The van der Waals surface area contributed by atoms with Crippen molar-refractivity contribution < 1.29 is 14.3 Å². The molecule has 6 heteroatoms. The van der Waals surface area contributed by atoms with Crippen LogP contribution in [0.5, 0.6) is 0 Å². The summed E-state index contributed by atoms with van der Waals surface area (Å²) < 4.78 is 5.09. The van der Waals surface area contributed by atoms with Crippen molar-refractivity contribution in [3.63, 3.8) is 0 Å². The summed E-state index contributed by atoms with van der Waals surface area (Å²) in [5.74, 6) is -0.964. The Bertz CT molecular complexity index is 485. The number of halogens is 1. The first-order chi connectivity index (χ1) is 9.33. The largest absolute Gasteiger partial charge is 0.449 e. The van der Waals surface area contributed by atoms with Crippen molar-refractivity contribution >= 4 is 29.2 Å². The van der Waals surface area contributed by atoms with Crippen LogP contribution in [-0.4, -0.2) is 24.0 Å². The summed E-state index contributed by atoms with van der Waals surface area (Å²) in [5, 5.41) is 3.08. The second-order valence-corrected chi connectivity index (χ2v) is 5.08. The summed E-state index contributed by atoms with van der Waals surface area (Å²) in [6.45, 7) is 5.35. The molecule has 3 N–H and O–H groups in total. The Morgan fingerprint density at radius 1 is 1.35 bits per heavy atom. The van der Waals surface area contributed by atoms with Gasteiger partial charge >= 0.3 is 5.97 Å². The fraction of sp³-hybridized carbons (Fsp3) is 0.429. The van der Waals surface area contributed by atoms with Crippen LogP contribution >= 0.6 is 11.6 Å². The molecule has 0 aliphatic carbocycles. The summed E-state index contributed by atoms with van der Waals surface area (Å²) in [5.41, 5.74) is 6.18. The summed E-state index contributed by atoms with van der Waals surface area (Å²) in [4.78, 5) is 23.7. The minimum absolute atomic E-state index is 0.0328. The lowest BCUT2D eigenvalue weighted by atomic mass is 10.2. The zero-order valence-electron chi connectivity index (χ0n) is 11.8. The number of carbonyl (C=O) groups excluding carboxylic acids is 2. The third-order valence-corrected chi connectivity index (χ3v) is 3.03. The van der Waals surface area contributed by atoms with Gasteiger partial charge in [-0.1, -0.05) is 18.5 Å². The SMILES string of the molecule is CCC(C)NC(=O)C(C)OC(=O)c1cc(N)cc(Cl)c1. The van der Waals surface area contributed by atoms with Crippen LogP contribution < -0.4 is 11.1 Å². The first kappa shape index (κ1) is 16.3. The Kier molecular flexibility index (Phi) is 5.82. The maximum atomic E-state index is 11.9. The van der Waals surface area contributed by atoms with Crippen molar-refractivity contribution in [1.29, 1.82) is 0 Å². The molecule has 1 aromatic rings. The van der Waals surface area contributed by atoms with Crippen molar-refractivity contribution in [2.75, 3.05) is 5.73 Å². The lowest BCUT2D eigenvalue weighted by Gasteiger charge is -2.17. The fourth-order valence-electron chi connectivity index (χ4n) is 1.47. The van der Waals surface area contributed by atoms with Gasteiger partial charge in [0.15, 0.2) is 6.10 Å². The second-order valence-electron chi connectivity index (χ2n) is 4.64. The molecule has 5 nitrogen and oxygen atoms in total. The van der Waals surface area contributed by atoms with Crippen molar-refractivity contribution in [3.8, 4) is 0 Å². The summed E-state index contributed by atoms with van der Waals surface area (Å²) in [7, 11) is 0. The van der Waals surface area contributed by atoms with Crippen LogP contribution in [0.2, 0.25) is 5.02 Å². The van der Waals surface area contributed by atoms with Gasteiger partial charge in [-0.3, -0.25) is 4.79 Å². The molecule has 0 heterocycles. The second kappa shape index (κ2) is 7.14. The molecule has 1 rings (SSSR count). The number of esters is 1. The van der Waals surface area contributed by atoms with Gasteiger partial charge in [-0.15, -0.1) is 0 Å². The van der Waals surface area contributed by atoms with Gasteiger partial charge in [0, 0.05) is 16.8 Å². The van der Waals surface area contributed by atoms with E-state index in [0.29, 0.717) is 10.7 Å². The van der Waals surface area contributed by atoms with Gasteiger partial charge in [0.1, 0.15) is 0 Å². The first-order valence-electron chi connectivity index (χ1n) is 6.41. The van der Waals surface area contributed by atoms with Crippen LogP contribution in [0.15, 0.2) is 18.2 Å². The maximum absolute atomic E-state index is 11.9. The molecule has 2 unspecified atom stereocenters. The molecule has 0 aliphatic heterocycles. The highest BCUT2D eigenvalue weighted by Gasteiger charge is 2.20. The summed E-state index contributed by atoms with van der Waals surface area (Å²) in [6.07, 6.45) is -0.0752. The molecule has 0 aliphatic rings. The fourth-order valence-corrected chi connectivity index (χ4v) is 1.72. The standard InChI is InChI=1S/C14H19ClN2O3/c1-4-8(2)17-13(18)9(3)20-14(19)10-5-11(15)7-12(16)6-10/h5-9H,4,16H2,1-3H3,(H,17,18). The number of carbonyl (C=O) groups is 2. The quantitative estimate of drug-likeness (QED) is 0.646. The minimum atomic E-state index is -0.878. The molecule has 1 amide bonds. The first-order valence-corrected chi connectivity index (χ1v) is 6.78. The predicted molar refractivity (Wildman–Crippen MR) is 78.6 cm³/mol. The number of nitrogen functional groups attached to an aromatic ring is 1. The molecule has 0 aromatic heterocycles. The summed E-state index contributed by atoms with van der Waals surface area (Å²) >= 11 is 5.81. The molecule has 0 spiro atoms. The van der Waals surface area contributed by atoms with E-state index >= 15 is 0 Å². The predicted octanol–water partition coefficient (Wildman–Crippen LogP) is 2.38. The highest BCUT2D eigenvalue weighted by Crippen LogP contribution is 2.17. The Balaban J connectivity index is 2.67. The molecule has 0 saturated carbocycles.